The monoisotopic (exact) mass is 324 g/mol. The van der Waals surface area contributed by atoms with E-state index in [9.17, 15) is 4.79 Å². The lowest BCUT2D eigenvalue weighted by molar-refractivity contribution is 0.0953. The van der Waals surface area contributed by atoms with Gasteiger partial charge in [-0.05, 0) is 30.7 Å². The minimum absolute atomic E-state index is 0.0905. The highest BCUT2D eigenvalue weighted by Gasteiger charge is 2.05. The van der Waals surface area contributed by atoms with Crippen molar-refractivity contribution in [3.8, 4) is 5.75 Å². The maximum Gasteiger partial charge on any atom is 0.251 e. The lowest BCUT2D eigenvalue weighted by Gasteiger charge is -2.08. The molecule has 0 saturated heterocycles. The molecule has 1 amide bonds. The van der Waals surface area contributed by atoms with E-state index < -0.39 is 0 Å². The highest BCUT2D eigenvalue weighted by molar-refractivity contribution is 5.94. The number of ether oxygens (including phenoxy) is 1. The second-order valence-electron chi connectivity index (χ2n) is 5.57. The van der Waals surface area contributed by atoms with Crippen LogP contribution in [0.4, 0.5) is 0 Å². The Morgan fingerprint density at radius 1 is 1.08 bits per heavy atom. The maximum absolute atomic E-state index is 12.0. The molecule has 0 fully saturated rings. The van der Waals surface area contributed by atoms with E-state index in [1.54, 1.807) is 19.2 Å². The summed E-state index contributed by atoms with van der Waals surface area (Å²) in [6, 6.07) is 17.4. The van der Waals surface area contributed by atoms with Crippen LogP contribution in [0.15, 0.2) is 60.2 Å². The maximum atomic E-state index is 12.0. The molecule has 0 heterocycles. The molecule has 4 nitrogen and oxygen atoms in total. The Morgan fingerprint density at radius 3 is 2.62 bits per heavy atom. The Hall–Kier alpha value is -2.59. The van der Waals surface area contributed by atoms with Crippen LogP contribution in [0.1, 0.15) is 22.8 Å². The summed E-state index contributed by atoms with van der Waals surface area (Å²) in [6.07, 6.45) is 2.15. The number of amides is 1. The number of nitrogens with one attached hydrogen (secondary N) is 2. The normalized spacial score (nSPS) is 11.2. The molecule has 2 rings (SSSR count). The molecule has 0 bridgehead atoms. The topological polar surface area (TPSA) is 50.4 Å². The summed E-state index contributed by atoms with van der Waals surface area (Å²) in [5, 5.41) is 6.22. The highest BCUT2D eigenvalue weighted by Crippen LogP contribution is 2.12. The molecule has 126 valence electrons. The molecule has 0 aromatic heterocycles. The van der Waals surface area contributed by atoms with E-state index in [-0.39, 0.29) is 5.91 Å². The summed E-state index contributed by atoms with van der Waals surface area (Å²) in [5.41, 5.74) is 3.05. The van der Waals surface area contributed by atoms with Gasteiger partial charge in [0.1, 0.15) is 5.75 Å². The molecule has 2 aromatic carbocycles. The van der Waals surface area contributed by atoms with Crippen molar-refractivity contribution in [3.05, 3.63) is 71.3 Å². The van der Waals surface area contributed by atoms with E-state index in [0.29, 0.717) is 17.9 Å². The molecule has 24 heavy (non-hydrogen) atoms. The summed E-state index contributed by atoms with van der Waals surface area (Å²) in [7, 11) is 1.59. The van der Waals surface area contributed by atoms with Gasteiger partial charge in [-0.15, -0.1) is 0 Å². The Labute approximate surface area is 143 Å². The molecule has 0 aliphatic carbocycles. The predicted molar refractivity (Wildman–Crippen MR) is 98.3 cm³/mol. The number of rotatable bonds is 8. The zero-order valence-corrected chi connectivity index (χ0v) is 14.2. The van der Waals surface area contributed by atoms with E-state index in [0.717, 1.165) is 13.1 Å². The molecule has 0 saturated carbocycles. The van der Waals surface area contributed by atoms with Crippen LogP contribution in [0.5, 0.6) is 5.75 Å². The summed E-state index contributed by atoms with van der Waals surface area (Å²) >= 11 is 0. The van der Waals surface area contributed by atoms with Crippen molar-refractivity contribution in [2.75, 3.05) is 26.7 Å². The third kappa shape index (κ3) is 5.89. The van der Waals surface area contributed by atoms with Crippen molar-refractivity contribution in [1.82, 2.24) is 10.6 Å². The number of methoxy groups -OCH3 is 1. The van der Waals surface area contributed by atoms with Crippen molar-refractivity contribution in [1.29, 1.82) is 0 Å². The molecule has 4 heteroatoms. The summed E-state index contributed by atoms with van der Waals surface area (Å²) in [5.74, 6) is 0.592. The first-order valence-corrected chi connectivity index (χ1v) is 8.04. The Morgan fingerprint density at radius 2 is 1.88 bits per heavy atom. The van der Waals surface area contributed by atoms with Gasteiger partial charge in [-0.25, -0.2) is 0 Å². The minimum atomic E-state index is -0.0905. The summed E-state index contributed by atoms with van der Waals surface area (Å²) < 4.78 is 5.12. The Bertz CT molecular complexity index is 681. The molecule has 0 radical (unpaired) electrons. The van der Waals surface area contributed by atoms with Crippen LogP contribution in [0, 0.1) is 0 Å². The molecule has 0 spiro atoms. The fourth-order valence-electron chi connectivity index (χ4n) is 2.30. The number of carbonyl (C=O) groups excluding carboxylic acids is 1. The van der Waals surface area contributed by atoms with Crippen molar-refractivity contribution >= 4 is 12.0 Å². The van der Waals surface area contributed by atoms with Gasteiger partial charge in [0.15, 0.2) is 0 Å². The van der Waals surface area contributed by atoms with Crippen LogP contribution < -0.4 is 15.4 Å². The first-order chi connectivity index (χ1) is 11.7. The standard InChI is InChI=1S/C20H24N2O2/c1-16(13-17-7-4-3-5-8-17)15-21-11-12-22-20(23)18-9-6-10-19(14-18)24-2/h3-10,13-14,21H,11-12,15H2,1-2H3,(H,22,23)/b16-13+. The molecular formula is C20H24N2O2. The van der Waals surface area contributed by atoms with E-state index in [4.69, 9.17) is 4.74 Å². The van der Waals surface area contributed by atoms with Gasteiger partial charge in [0.05, 0.1) is 7.11 Å². The molecule has 2 aromatic rings. The molecule has 0 unspecified atom stereocenters. The van der Waals surface area contributed by atoms with Crippen LogP contribution in [0.3, 0.4) is 0 Å². The van der Waals surface area contributed by atoms with Gasteiger partial charge in [-0.1, -0.05) is 48.0 Å². The molecular weight excluding hydrogens is 300 g/mol. The van der Waals surface area contributed by atoms with Crippen LogP contribution in [-0.4, -0.2) is 32.7 Å². The number of hydrogen-bond acceptors (Lipinski definition) is 3. The zero-order chi connectivity index (χ0) is 17.2. The fraction of sp³-hybridized carbons (Fsp3) is 0.250. The second kappa shape index (κ2) is 9.53. The van der Waals surface area contributed by atoms with Gasteiger partial charge in [-0.3, -0.25) is 4.79 Å². The number of carbonyl (C=O) groups is 1. The van der Waals surface area contributed by atoms with Gasteiger partial charge < -0.3 is 15.4 Å². The zero-order valence-electron chi connectivity index (χ0n) is 14.2. The third-order valence-electron chi connectivity index (χ3n) is 3.54. The second-order valence-corrected chi connectivity index (χ2v) is 5.57. The quantitative estimate of drug-likeness (QED) is 0.734. The first-order valence-electron chi connectivity index (χ1n) is 8.04. The highest BCUT2D eigenvalue weighted by atomic mass is 16.5. The predicted octanol–water partition coefficient (Wildman–Crippen LogP) is 3.12. The lowest BCUT2D eigenvalue weighted by Crippen LogP contribution is -2.32. The van der Waals surface area contributed by atoms with Crippen molar-refractivity contribution in [2.45, 2.75) is 6.92 Å². The van der Waals surface area contributed by atoms with Crippen LogP contribution in [0.2, 0.25) is 0 Å². The number of hydrogen-bond donors (Lipinski definition) is 2. The van der Waals surface area contributed by atoms with Crippen molar-refractivity contribution in [3.63, 3.8) is 0 Å². The summed E-state index contributed by atoms with van der Waals surface area (Å²) in [4.78, 5) is 12.0. The summed E-state index contributed by atoms with van der Waals surface area (Å²) in [6.45, 7) is 4.18. The number of benzene rings is 2. The van der Waals surface area contributed by atoms with E-state index in [1.807, 2.05) is 30.3 Å². The first kappa shape index (κ1) is 17.8. The largest absolute Gasteiger partial charge is 0.497 e. The third-order valence-corrected chi connectivity index (χ3v) is 3.54. The lowest BCUT2D eigenvalue weighted by atomic mass is 10.1. The Kier molecular flexibility index (Phi) is 7.05. The molecule has 0 aliphatic heterocycles. The average molecular weight is 324 g/mol. The molecule has 0 aliphatic rings. The van der Waals surface area contributed by atoms with Gasteiger partial charge in [-0.2, -0.15) is 0 Å². The van der Waals surface area contributed by atoms with Crippen LogP contribution in [0.25, 0.3) is 6.08 Å². The van der Waals surface area contributed by atoms with Crippen LogP contribution in [-0.2, 0) is 0 Å². The SMILES string of the molecule is COc1cccc(C(=O)NCCNC/C(C)=C/c2ccccc2)c1. The van der Waals surface area contributed by atoms with Gasteiger partial charge >= 0.3 is 0 Å². The fourth-order valence-corrected chi connectivity index (χ4v) is 2.30. The van der Waals surface area contributed by atoms with Gasteiger partial charge in [0.25, 0.3) is 5.91 Å². The molecule has 0 atom stereocenters. The Balaban J connectivity index is 1.69. The minimum Gasteiger partial charge on any atom is -0.497 e. The van der Waals surface area contributed by atoms with E-state index in [1.165, 1.54) is 11.1 Å². The smallest absolute Gasteiger partial charge is 0.251 e. The van der Waals surface area contributed by atoms with E-state index in [2.05, 4.69) is 35.8 Å². The van der Waals surface area contributed by atoms with Gasteiger partial charge in [0, 0.05) is 25.2 Å². The molecule has 2 N–H and O–H groups in total. The van der Waals surface area contributed by atoms with Crippen molar-refractivity contribution < 1.29 is 9.53 Å². The van der Waals surface area contributed by atoms with Gasteiger partial charge in [0.2, 0.25) is 0 Å². The van der Waals surface area contributed by atoms with Crippen LogP contribution >= 0.6 is 0 Å². The van der Waals surface area contributed by atoms with E-state index >= 15 is 0 Å². The average Bonchev–Trinajstić information content (AvgIpc) is 2.62. The van der Waals surface area contributed by atoms with Crippen molar-refractivity contribution in [2.24, 2.45) is 0 Å².